The summed E-state index contributed by atoms with van der Waals surface area (Å²) in [5.41, 5.74) is 5.86. The van der Waals surface area contributed by atoms with Gasteiger partial charge in [-0.05, 0) is 97.9 Å². The molecule has 4 aromatic heterocycles. The van der Waals surface area contributed by atoms with Gasteiger partial charge in [-0.3, -0.25) is 9.78 Å². The van der Waals surface area contributed by atoms with Crippen LogP contribution in [0.4, 0.5) is 10.2 Å². The van der Waals surface area contributed by atoms with Crippen LogP contribution in [0.1, 0.15) is 70.7 Å². The Balaban J connectivity index is 1.22. The van der Waals surface area contributed by atoms with Gasteiger partial charge in [-0.2, -0.15) is 0 Å². The molecule has 6 aromatic rings. The first-order chi connectivity index (χ1) is 24.3. The second-order valence-corrected chi connectivity index (χ2v) is 14.4. The number of aromatic nitrogens is 4. The molecule has 1 aliphatic carbocycles. The van der Waals surface area contributed by atoms with E-state index in [1.165, 1.54) is 34.6 Å². The monoisotopic (exact) mass is 688 g/mol. The number of amides is 1. The molecule has 252 valence electrons. The van der Waals surface area contributed by atoms with Gasteiger partial charge in [0.2, 0.25) is 0 Å². The number of carbonyl (C=O) groups is 1. The lowest BCUT2D eigenvalue weighted by atomic mass is 9.88. The van der Waals surface area contributed by atoms with Crippen LogP contribution in [-0.2, 0) is 24.8 Å². The summed E-state index contributed by atoms with van der Waals surface area (Å²) in [6.45, 7) is 2.73. The summed E-state index contributed by atoms with van der Waals surface area (Å²) < 4.78 is 26.0. The van der Waals surface area contributed by atoms with Gasteiger partial charge in [0.1, 0.15) is 17.4 Å². The first kappa shape index (κ1) is 30.7. The van der Waals surface area contributed by atoms with E-state index in [0.717, 1.165) is 63.5 Å². The van der Waals surface area contributed by atoms with Crippen molar-refractivity contribution in [1.29, 1.82) is 0 Å². The van der Waals surface area contributed by atoms with E-state index < -0.39 is 11.3 Å². The molecule has 1 amide bonds. The number of rotatable bonds is 8. The number of pyridine rings is 2. The van der Waals surface area contributed by atoms with Crippen LogP contribution in [-0.4, -0.2) is 44.6 Å². The molecule has 2 aliphatic heterocycles. The van der Waals surface area contributed by atoms with E-state index in [1.54, 1.807) is 25.4 Å². The maximum atomic E-state index is 14.4. The van der Waals surface area contributed by atoms with Gasteiger partial charge in [0.25, 0.3) is 11.8 Å². The quantitative estimate of drug-likeness (QED) is 0.172. The highest BCUT2D eigenvalue weighted by Gasteiger charge is 2.52. The Labute approximate surface area is 290 Å². The van der Waals surface area contributed by atoms with Crippen molar-refractivity contribution in [2.75, 3.05) is 19.0 Å². The van der Waals surface area contributed by atoms with Gasteiger partial charge in [-0.15, -0.1) is 16.4 Å². The number of nitrogens with zero attached hydrogens (tertiary/aromatic N) is 4. The number of methoxy groups -OCH3 is 1. The zero-order valence-corrected chi connectivity index (χ0v) is 28.3. The number of carbonyl (C=O) groups excluding carboxylic acids is 1. The highest BCUT2D eigenvalue weighted by Crippen LogP contribution is 2.53. The molecular weight excluding hydrogens is 656 g/mol. The van der Waals surface area contributed by atoms with Crippen LogP contribution in [0.3, 0.4) is 0 Å². The van der Waals surface area contributed by atoms with E-state index in [-0.39, 0.29) is 23.7 Å². The standard InChI is InChI=1S/C38H33FN6O4S/c1-38-16-4-18-45(38)36(46)31-30(29(35-43-44-37(47)49-35)26(41-33(31)38)13-9-20-7-10-22(39)11-8-20)28-19-21-15-17-40-34(32(21)50-28)42-25-14-12-24-23(25)5-3-6-27(24)48-2/h3,5-8,10-11,15,17,19,25H,4,9,12-14,16,18H2,1-2H3,(H,40,42)(H,44,47)/t25-,38+/m1/s1. The van der Waals surface area contributed by atoms with Crippen LogP contribution in [0, 0.1) is 5.82 Å². The maximum absolute atomic E-state index is 14.4. The number of anilines is 1. The molecule has 50 heavy (non-hydrogen) atoms. The highest BCUT2D eigenvalue weighted by atomic mass is 32.1. The van der Waals surface area contributed by atoms with Crippen molar-refractivity contribution in [2.24, 2.45) is 0 Å². The third kappa shape index (κ3) is 4.76. The zero-order valence-electron chi connectivity index (χ0n) is 27.5. The fourth-order valence-corrected chi connectivity index (χ4v) is 9.29. The number of aromatic amines is 1. The lowest BCUT2D eigenvalue weighted by molar-refractivity contribution is 0.0684. The number of nitrogens with one attached hydrogen (secondary N) is 2. The third-order valence-corrected chi connectivity index (χ3v) is 11.7. The summed E-state index contributed by atoms with van der Waals surface area (Å²) in [7, 11) is 1.70. The molecule has 2 atom stereocenters. The molecule has 2 N–H and O–H groups in total. The van der Waals surface area contributed by atoms with Gasteiger partial charge < -0.3 is 19.4 Å². The van der Waals surface area contributed by atoms with Crippen molar-refractivity contribution in [1.82, 2.24) is 25.1 Å². The molecule has 0 spiro atoms. The van der Waals surface area contributed by atoms with Crippen LogP contribution >= 0.6 is 11.3 Å². The van der Waals surface area contributed by atoms with Crippen LogP contribution in [0.15, 0.2) is 70.0 Å². The normalized spacial score (nSPS) is 19.2. The van der Waals surface area contributed by atoms with E-state index in [2.05, 4.69) is 34.6 Å². The van der Waals surface area contributed by atoms with Crippen molar-refractivity contribution in [3.05, 3.63) is 111 Å². The highest BCUT2D eigenvalue weighted by molar-refractivity contribution is 7.23. The number of aryl methyl sites for hydroxylation is 2. The molecule has 6 heterocycles. The van der Waals surface area contributed by atoms with Gasteiger partial charge in [0, 0.05) is 23.2 Å². The van der Waals surface area contributed by atoms with Crippen LogP contribution in [0.2, 0.25) is 0 Å². The Kier molecular flexibility index (Phi) is 7.13. The molecule has 1 saturated heterocycles. The van der Waals surface area contributed by atoms with Crippen molar-refractivity contribution in [3.8, 4) is 27.6 Å². The van der Waals surface area contributed by atoms with Gasteiger partial charge >= 0.3 is 5.76 Å². The van der Waals surface area contributed by atoms with Crippen molar-refractivity contribution in [3.63, 3.8) is 0 Å². The Morgan fingerprint density at radius 3 is 2.78 bits per heavy atom. The van der Waals surface area contributed by atoms with Gasteiger partial charge in [-0.1, -0.05) is 24.3 Å². The number of H-pyrrole nitrogens is 1. The SMILES string of the molecule is COc1cccc2c1CC[C@H]2Nc1nccc2cc(-c3c4c(nc(CCc5ccc(F)cc5)c3-c3n[nH]c(=O)o3)[C@]3(C)CCCN3C4=O)sc12. The zero-order chi connectivity index (χ0) is 34.1. The number of benzene rings is 2. The van der Waals surface area contributed by atoms with E-state index in [9.17, 15) is 14.0 Å². The lowest BCUT2D eigenvalue weighted by Gasteiger charge is -2.27. The van der Waals surface area contributed by atoms with E-state index in [4.69, 9.17) is 19.1 Å². The van der Waals surface area contributed by atoms with E-state index >= 15 is 0 Å². The van der Waals surface area contributed by atoms with E-state index in [0.29, 0.717) is 41.8 Å². The van der Waals surface area contributed by atoms with Crippen molar-refractivity contribution >= 4 is 33.1 Å². The summed E-state index contributed by atoms with van der Waals surface area (Å²) in [6, 6.07) is 16.7. The smallest absolute Gasteiger partial charge is 0.434 e. The molecule has 0 radical (unpaired) electrons. The van der Waals surface area contributed by atoms with Crippen molar-refractivity contribution in [2.45, 2.75) is 57.0 Å². The van der Waals surface area contributed by atoms with E-state index in [1.807, 2.05) is 23.1 Å². The number of ether oxygens (including phenoxy) is 1. The molecule has 1 fully saturated rings. The topological polar surface area (TPSA) is 126 Å². The minimum Gasteiger partial charge on any atom is -0.496 e. The molecule has 10 nitrogen and oxygen atoms in total. The predicted octanol–water partition coefficient (Wildman–Crippen LogP) is 7.20. The number of halogens is 1. The third-order valence-electron chi connectivity index (χ3n) is 10.5. The number of thiophene rings is 1. The van der Waals surface area contributed by atoms with Crippen LogP contribution in [0.5, 0.6) is 5.75 Å². The molecule has 0 bridgehead atoms. The Morgan fingerprint density at radius 2 is 1.98 bits per heavy atom. The summed E-state index contributed by atoms with van der Waals surface area (Å²) in [4.78, 5) is 39.5. The molecule has 2 aromatic carbocycles. The second-order valence-electron chi connectivity index (χ2n) is 13.4. The lowest BCUT2D eigenvalue weighted by Crippen LogP contribution is -2.35. The van der Waals surface area contributed by atoms with Gasteiger partial charge in [0.05, 0.1) is 45.9 Å². The number of fused-ring (bicyclic) bond motifs is 5. The summed E-state index contributed by atoms with van der Waals surface area (Å²) in [5.74, 6) is 0.642. The summed E-state index contributed by atoms with van der Waals surface area (Å²) in [5, 5.41) is 11.4. The van der Waals surface area contributed by atoms with Crippen LogP contribution < -0.4 is 15.8 Å². The Morgan fingerprint density at radius 1 is 1.12 bits per heavy atom. The summed E-state index contributed by atoms with van der Waals surface area (Å²) >= 11 is 1.54. The molecule has 0 saturated carbocycles. The fraction of sp³-hybridized carbons (Fsp3) is 0.289. The molecule has 0 unspecified atom stereocenters. The average molecular weight is 689 g/mol. The minimum atomic E-state index is -0.699. The molecular formula is C38H33FN6O4S. The summed E-state index contributed by atoms with van der Waals surface area (Å²) in [6.07, 6.45) is 6.30. The second kappa shape index (κ2) is 11.6. The first-order valence-electron chi connectivity index (χ1n) is 16.8. The van der Waals surface area contributed by atoms with Crippen LogP contribution in [0.25, 0.3) is 32.0 Å². The molecule has 9 rings (SSSR count). The number of hydrogen-bond acceptors (Lipinski definition) is 9. The molecule has 12 heteroatoms. The van der Waals surface area contributed by atoms with Crippen molar-refractivity contribution < 1.29 is 18.3 Å². The maximum Gasteiger partial charge on any atom is 0.434 e. The van der Waals surface area contributed by atoms with Gasteiger partial charge in [-0.25, -0.2) is 19.3 Å². The fourth-order valence-electron chi connectivity index (χ4n) is 8.13. The largest absolute Gasteiger partial charge is 0.496 e. The molecule has 3 aliphatic rings. The number of hydrogen-bond donors (Lipinski definition) is 2. The average Bonchev–Trinajstić information content (AvgIpc) is 3.95. The predicted molar refractivity (Wildman–Crippen MR) is 188 cm³/mol. The minimum absolute atomic E-state index is 0.0644. The Bertz CT molecular complexity index is 2380. The van der Waals surface area contributed by atoms with Gasteiger partial charge in [0.15, 0.2) is 0 Å². The Hall–Kier alpha value is -5.36. The first-order valence-corrected chi connectivity index (χ1v) is 17.6.